The van der Waals surface area contributed by atoms with Gasteiger partial charge in [-0.1, -0.05) is 17.7 Å². The fraction of sp³-hybridized carbons (Fsp3) is 0.333. The Hall–Kier alpha value is -1.26. The second-order valence-corrected chi connectivity index (χ2v) is 9.41. The molecule has 0 saturated carbocycles. The summed E-state index contributed by atoms with van der Waals surface area (Å²) in [5, 5.41) is 3.23. The third kappa shape index (κ3) is 7.11. The van der Waals surface area contributed by atoms with Crippen molar-refractivity contribution in [2.45, 2.75) is 38.5 Å². The Morgan fingerprint density at radius 1 is 1.24 bits per heavy atom. The first kappa shape index (κ1) is 28.0. The van der Waals surface area contributed by atoms with Gasteiger partial charge in [-0.15, -0.1) is 0 Å². The topological polar surface area (TPSA) is 134 Å². The molecule has 2 aromatic rings. The van der Waals surface area contributed by atoms with Crippen LogP contribution in [0.1, 0.15) is 53.1 Å². The SMILES string of the molecule is CC(=O)c1ccc2c(c1)[C@H](NC(=O)c1cccc(Cl)c1)[C@@H](OCOP(=O)([O-])O)C(C)(C)O2.[Na+]. The van der Waals surface area contributed by atoms with E-state index in [1.165, 1.54) is 13.0 Å². The fourth-order valence-electron chi connectivity index (χ4n) is 3.48. The fourth-order valence-corrected chi connectivity index (χ4v) is 3.87. The molecule has 2 N–H and O–H groups in total. The summed E-state index contributed by atoms with van der Waals surface area (Å²) in [6.07, 6.45) is -0.952. The van der Waals surface area contributed by atoms with Crippen molar-refractivity contribution in [2.75, 3.05) is 6.79 Å². The van der Waals surface area contributed by atoms with Crippen molar-refractivity contribution in [3.63, 3.8) is 0 Å². The van der Waals surface area contributed by atoms with Gasteiger partial charge in [0.15, 0.2) is 12.6 Å². The van der Waals surface area contributed by atoms with Crippen molar-refractivity contribution in [2.24, 2.45) is 0 Å². The smallest absolute Gasteiger partial charge is 0.756 e. The molecule has 1 aliphatic heterocycles. The first-order valence-corrected chi connectivity index (χ1v) is 11.4. The van der Waals surface area contributed by atoms with Gasteiger partial charge in [0.1, 0.15) is 17.5 Å². The second-order valence-electron chi connectivity index (χ2n) is 7.78. The van der Waals surface area contributed by atoms with Crippen LogP contribution in [0.3, 0.4) is 0 Å². The van der Waals surface area contributed by atoms with Crippen LogP contribution < -0.4 is 44.5 Å². The number of rotatable bonds is 7. The van der Waals surface area contributed by atoms with Gasteiger partial charge in [0.25, 0.3) is 13.7 Å². The van der Waals surface area contributed by atoms with Gasteiger partial charge in [-0.05, 0) is 57.2 Å². The maximum absolute atomic E-state index is 13.0. The maximum atomic E-state index is 13.0. The normalized spacial score (nSPS) is 20.4. The zero-order chi connectivity index (χ0) is 23.7. The van der Waals surface area contributed by atoms with Gasteiger partial charge in [0, 0.05) is 21.7 Å². The number of Topliss-reactive ketones (excluding diaryl/α,β-unsaturated/α-hetero) is 1. The number of hydrogen-bond acceptors (Lipinski definition) is 7. The minimum Gasteiger partial charge on any atom is -0.756 e. The number of amides is 1. The number of halogens is 1. The molecule has 3 atom stereocenters. The third-order valence-electron chi connectivity index (χ3n) is 4.95. The largest absolute Gasteiger partial charge is 1.00 e. The molecule has 9 nitrogen and oxygen atoms in total. The van der Waals surface area contributed by atoms with E-state index in [-0.39, 0.29) is 35.3 Å². The number of hydrogen-bond donors (Lipinski definition) is 2. The molecule has 2 aromatic carbocycles. The molecule has 3 rings (SSSR count). The van der Waals surface area contributed by atoms with Crippen molar-refractivity contribution < 1.29 is 67.5 Å². The predicted octanol–water partition coefficient (Wildman–Crippen LogP) is 0.00870. The van der Waals surface area contributed by atoms with E-state index in [0.717, 1.165) is 0 Å². The van der Waals surface area contributed by atoms with Crippen LogP contribution in [0.25, 0.3) is 0 Å². The average Bonchev–Trinajstić information content (AvgIpc) is 2.68. The van der Waals surface area contributed by atoms with Crippen LogP contribution in [-0.4, -0.2) is 35.1 Å². The first-order valence-electron chi connectivity index (χ1n) is 9.58. The van der Waals surface area contributed by atoms with Gasteiger partial charge < -0.3 is 24.6 Å². The number of fused-ring (bicyclic) bond motifs is 1. The zero-order valence-electron chi connectivity index (χ0n) is 18.5. The molecule has 0 aliphatic carbocycles. The van der Waals surface area contributed by atoms with Crippen molar-refractivity contribution in [1.29, 1.82) is 0 Å². The van der Waals surface area contributed by atoms with Crippen LogP contribution in [-0.2, 0) is 13.8 Å². The molecule has 0 bridgehead atoms. The van der Waals surface area contributed by atoms with E-state index < -0.39 is 38.3 Å². The number of phosphoric ester groups is 1. The Kier molecular flexibility index (Phi) is 9.32. The van der Waals surface area contributed by atoms with Crippen molar-refractivity contribution in [3.8, 4) is 5.75 Å². The van der Waals surface area contributed by atoms with Crippen LogP contribution in [0.2, 0.25) is 5.02 Å². The molecule has 1 heterocycles. The van der Waals surface area contributed by atoms with E-state index in [2.05, 4.69) is 9.84 Å². The standard InChI is InChI=1S/C21H23ClNO8P.Na/c1-12(24)13-7-8-17-16(10-13)18(23-20(25)14-5-4-6-15(22)9-14)19(21(2,3)31-17)29-11-30-32(26,27)28;/h4-10,18-19H,11H2,1-3H3,(H,23,25)(H2,26,27,28);/q;+1/p-1/t18-,19+;/m0./s1. The van der Waals surface area contributed by atoms with E-state index in [0.29, 0.717) is 27.5 Å². The van der Waals surface area contributed by atoms with E-state index in [1.807, 2.05) is 0 Å². The minimum absolute atomic E-state index is 0. The number of benzene rings is 2. The Bertz CT molecular complexity index is 1090. The van der Waals surface area contributed by atoms with Gasteiger partial charge in [-0.25, -0.2) is 0 Å². The summed E-state index contributed by atoms with van der Waals surface area (Å²) in [6.45, 7) is 3.98. The van der Waals surface area contributed by atoms with Crippen LogP contribution in [0, 0.1) is 0 Å². The number of ketones is 1. The molecule has 12 heteroatoms. The monoisotopic (exact) mass is 505 g/mol. The summed E-state index contributed by atoms with van der Waals surface area (Å²) >= 11 is 6.00. The quantitative estimate of drug-likeness (QED) is 0.233. The molecule has 172 valence electrons. The zero-order valence-corrected chi connectivity index (χ0v) is 22.2. The van der Waals surface area contributed by atoms with E-state index in [1.54, 1.807) is 50.2 Å². The summed E-state index contributed by atoms with van der Waals surface area (Å²) in [5.41, 5.74) is 0.0959. The van der Waals surface area contributed by atoms with Crippen molar-refractivity contribution in [1.82, 2.24) is 5.32 Å². The molecule has 0 saturated heterocycles. The minimum atomic E-state index is -5.03. The van der Waals surface area contributed by atoms with Crippen molar-refractivity contribution >= 4 is 31.1 Å². The molecule has 0 aromatic heterocycles. The Balaban J connectivity index is 0.00000385. The molecular weight excluding hydrogens is 484 g/mol. The molecule has 0 spiro atoms. The van der Waals surface area contributed by atoms with Gasteiger partial charge in [-0.3, -0.25) is 18.7 Å². The third-order valence-corrected chi connectivity index (χ3v) is 5.62. The van der Waals surface area contributed by atoms with Gasteiger partial charge in [-0.2, -0.15) is 0 Å². The summed E-state index contributed by atoms with van der Waals surface area (Å²) in [6, 6.07) is 10.3. The molecule has 0 fully saturated rings. The number of ether oxygens (including phenoxy) is 2. The van der Waals surface area contributed by atoms with E-state index in [4.69, 9.17) is 26.0 Å². The molecule has 0 radical (unpaired) electrons. The molecular formula is C21H22ClNNaO8P. The van der Waals surface area contributed by atoms with Crippen LogP contribution in [0.4, 0.5) is 0 Å². The summed E-state index contributed by atoms with van der Waals surface area (Å²) in [7, 11) is -5.03. The number of nitrogens with one attached hydrogen (secondary N) is 1. The Morgan fingerprint density at radius 2 is 1.94 bits per heavy atom. The maximum Gasteiger partial charge on any atom is 1.00 e. The molecule has 1 unspecified atom stereocenters. The van der Waals surface area contributed by atoms with Crippen LogP contribution in [0.15, 0.2) is 42.5 Å². The molecule has 1 amide bonds. The Morgan fingerprint density at radius 3 is 2.55 bits per heavy atom. The van der Waals surface area contributed by atoms with Gasteiger partial charge in [0.2, 0.25) is 0 Å². The van der Waals surface area contributed by atoms with Gasteiger partial charge in [0.05, 0.1) is 6.04 Å². The molecule has 1 aliphatic rings. The summed E-state index contributed by atoms with van der Waals surface area (Å²) < 4.78 is 26.9. The molecule has 33 heavy (non-hydrogen) atoms. The first-order chi connectivity index (χ1) is 14.9. The van der Waals surface area contributed by atoms with Gasteiger partial charge >= 0.3 is 29.6 Å². The predicted molar refractivity (Wildman–Crippen MR) is 113 cm³/mol. The van der Waals surface area contributed by atoms with Crippen LogP contribution >= 0.6 is 19.4 Å². The second kappa shape index (κ2) is 11.0. The number of carbonyl (C=O) groups excluding carboxylic acids is 2. The average molecular weight is 506 g/mol. The Labute approximate surface area is 218 Å². The number of carbonyl (C=O) groups is 2. The van der Waals surface area contributed by atoms with Crippen LogP contribution in [0.5, 0.6) is 5.75 Å². The van der Waals surface area contributed by atoms with Crippen molar-refractivity contribution in [3.05, 3.63) is 64.2 Å². The summed E-state index contributed by atoms with van der Waals surface area (Å²) in [5.74, 6) is -0.236. The van der Waals surface area contributed by atoms with E-state index >= 15 is 0 Å². The number of phosphoric acid groups is 1. The summed E-state index contributed by atoms with van der Waals surface area (Å²) in [4.78, 5) is 44.7. The van der Waals surface area contributed by atoms with E-state index in [9.17, 15) is 19.0 Å².